The number of aryl methyl sites for hydroxylation is 1. The fraction of sp³-hybridized carbons (Fsp3) is 0.0909. The van der Waals surface area contributed by atoms with Crippen LogP contribution in [0.1, 0.15) is 5.56 Å². The summed E-state index contributed by atoms with van der Waals surface area (Å²) >= 11 is 1.82. The van der Waals surface area contributed by atoms with Crippen LogP contribution in [0.4, 0.5) is 0 Å². The zero-order chi connectivity index (χ0) is 9.26. The summed E-state index contributed by atoms with van der Waals surface area (Å²) in [4.78, 5) is 1.35. The number of hydrogen-bond acceptors (Lipinski definition) is 1. The van der Waals surface area contributed by atoms with Crippen molar-refractivity contribution in [3.05, 3.63) is 42.0 Å². The van der Waals surface area contributed by atoms with E-state index in [1.165, 1.54) is 20.6 Å². The molecule has 1 unspecified atom stereocenters. The number of thiophene rings is 1. The summed E-state index contributed by atoms with van der Waals surface area (Å²) in [7, 11) is 2.74. The summed E-state index contributed by atoms with van der Waals surface area (Å²) < 4.78 is 1.29. The second kappa shape index (κ2) is 3.61. The van der Waals surface area contributed by atoms with Crippen LogP contribution in [0.25, 0.3) is 10.4 Å². The Morgan fingerprint density at radius 3 is 2.46 bits per heavy atom. The van der Waals surface area contributed by atoms with E-state index < -0.39 is 0 Å². The fourth-order valence-electron chi connectivity index (χ4n) is 1.35. The van der Waals surface area contributed by atoms with Crippen molar-refractivity contribution in [2.75, 3.05) is 0 Å². The first-order valence-electron chi connectivity index (χ1n) is 4.18. The van der Waals surface area contributed by atoms with Crippen molar-refractivity contribution in [1.29, 1.82) is 0 Å². The maximum atomic E-state index is 2.74. The highest BCUT2D eigenvalue weighted by Crippen LogP contribution is 2.27. The van der Waals surface area contributed by atoms with Gasteiger partial charge in [-0.2, -0.15) is 0 Å². The lowest BCUT2D eigenvalue weighted by atomic mass is 10.1. The number of hydrogen-bond donors (Lipinski definition) is 0. The second-order valence-electron chi connectivity index (χ2n) is 3.02. The minimum atomic E-state index is 1.29. The first-order chi connectivity index (χ1) is 6.27. The lowest BCUT2D eigenvalue weighted by Gasteiger charge is -2.00. The molecule has 2 aromatic rings. The highest BCUT2D eigenvalue weighted by Gasteiger charge is 2.02. The van der Waals surface area contributed by atoms with E-state index in [0.717, 1.165) is 0 Å². The third-order valence-electron chi connectivity index (χ3n) is 2.04. The van der Waals surface area contributed by atoms with Crippen molar-refractivity contribution in [2.24, 2.45) is 0 Å². The van der Waals surface area contributed by atoms with Crippen LogP contribution in [0.2, 0.25) is 0 Å². The SMILES string of the molecule is Cc1ccccc1-c1ccc(P)s1. The minimum absolute atomic E-state index is 1.29. The summed E-state index contributed by atoms with van der Waals surface area (Å²) in [5.41, 5.74) is 2.69. The summed E-state index contributed by atoms with van der Waals surface area (Å²) in [5.74, 6) is 0. The van der Waals surface area contributed by atoms with Crippen molar-refractivity contribution in [2.45, 2.75) is 6.92 Å². The van der Waals surface area contributed by atoms with Crippen LogP contribution in [0.15, 0.2) is 36.4 Å². The molecule has 1 atom stereocenters. The Labute approximate surface area is 84.8 Å². The Hall–Kier alpha value is -0.650. The Bertz CT molecular complexity index is 418. The normalized spacial score (nSPS) is 10.3. The fourth-order valence-corrected chi connectivity index (χ4v) is 2.69. The topological polar surface area (TPSA) is 0 Å². The summed E-state index contributed by atoms with van der Waals surface area (Å²) in [6.07, 6.45) is 0. The maximum Gasteiger partial charge on any atom is 0.0352 e. The van der Waals surface area contributed by atoms with Crippen molar-refractivity contribution in [3.63, 3.8) is 0 Å². The molecule has 0 aliphatic carbocycles. The monoisotopic (exact) mass is 206 g/mol. The molecule has 0 nitrogen and oxygen atoms in total. The molecule has 0 N–H and O–H groups in total. The van der Waals surface area contributed by atoms with Gasteiger partial charge in [-0.05, 0) is 30.2 Å². The van der Waals surface area contributed by atoms with Crippen LogP contribution >= 0.6 is 20.6 Å². The molecule has 0 aliphatic heterocycles. The van der Waals surface area contributed by atoms with Crippen LogP contribution in [0.3, 0.4) is 0 Å². The molecule has 13 heavy (non-hydrogen) atoms. The van der Waals surface area contributed by atoms with Crippen LogP contribution in [-0.4, -0.2) is 0 Å². The van der Waals surface area contributed by atoms with Crippen molar-refractivity contribution < 1.29 is 0 Å². The largest absolute Gasteiger partial charge is 0.136 e. The van der Waals surface area contributed by atoms with Crippen LogP contribution < -0.4 is 4.62 Å². The van der Waals surface area contributed by atoms with Gasteiger partial charge in [0.2, 0.25) is 0 Å². The first kappa shape index (κ1) is 8.93. The molecule has 1 heterocycles. The minimum Gasteiger partial charge on any atom is -0.136 e. The van der Waals surface area contributed by atoms with E-state index in [0.29, 0.717) is 0 Å². The predicted octanol–water partition coefficient (Wildman–Crippen LogP) is 3.22. The van der Waals surface area contributed by atoms with Gasteiger partial charge in [0.25, 0.3) is 0 Å². The molecule has 0 spiro atoms. The number of rotatable bonds is 1. The van der Waals surface area contributed by atoms with Gasteiger partial charge in [0.05, 0.1) is 0 Å². The molecule has 66 valence electrons. The van der Waals surface area contributed by atoms with Gasteiger partial charge in [-0.25, -0.2) is 0 Å². The van der Waals surface area contributed by atoms with Gasteiger partial charge in [-0.15, -0.1) is 11.3 Å². The van der Waals surface area contributed by atoms with E-state index in [4.69, 9.17) is 0 Å². The van der Waals surface area contributed by atoms with Crippen molar-refractivity contribution in [3.8, 4) is 10.4 Å². The molecule has 0 saturated heterocycles. The van der Waals surface area contributed by atoms with E-state index in [2.05, 4.69) is 52.6 Å². The van der Waals surface area contributed by atoms with Crippen molar-refractivity contribution in [1.82, 2.24) is 0 Å². The molecule has 1 aromatic heterocycles. The predicted molar refractivity (Wildman–Crippen MR) is 63.8 cm³/mol. The molecule has 0 aliphatic rings. The molecule has 0 radical (unpaired) electrons. The van der Waals surface area contributed by atoms with Gasteiger partial charge in [0.1, 0.15) is 0 Å². The Morgan fingerprint density at radius 2 is 1.85 bits per heavy atom. The third-order valence-corrected chi connectivity index (χ3v) is 3.53. The van der Waals surface area contributed by atoms with Gasteiger partial charge in [0.15, 0.2) is 0 Å². The maximum absolute atomic E-state index is 2.74. The zero-order valence-electron chi connectivity index (χ0n) is 7.45. The Kier molecular flexibility index (Phi) is 2.48. The smallest absolute Gasteiger partial charge is 0.0352 e. The van der Waals surface area contributed by atoms with Gasteiger partial charge in [-0.3, -0.25) is 0 Å². The summed E-state index contributed by atoms with van der Waals surface area (Å²) in [6, 6.07) is 12.8. The lowest BCUT2D eigenvalue weighted by Crippen LogP contribution is -1.77. The molecule has 0 saturated carbocycles. The van der Waals surface area contributed by atoms with Crippen LogP contribution in [0, 0.1) is 6.92 Å². The second-order valence-corrected chi connectivity index (χ2v) is 5.17. The molecule has 0 fully saturated rings. The van der Waals surface area contributed by atoms with E-state index in [1.54, 1.807) is 0 Å². The number of benzene rings is 1. The average Bonchev–Trinajstić information content (AvgIpc) is 2.53. The van der Waals surface area contributed by atoms with Gasteiger partial charge >= 0.3 is 0 Å². The van der Waals surface area contributed by atoms with Gasteiger partial charge in [-0.1, -0.05) is 33.5 Å². The molecule has 2 rings (SSSR count). The van der Waals surface area contributed by atoms with E-state index >= 15 is 0 Å². The van der Waals surface area contributed by atoms with Gasteiger partial charge < -0.3 is 0 Å². The summed E-state index contributed by atoms with van der Waals surface area (Å²) in [5, 5.41) is 0. The highest BCUT2D eigenvalue weighted by atomic mass is 32.1. The quantitative estimate of drug-likeness (QED) is 0.628. The van der Waals surface area contributed by atoms with Crippen molar-refractivity contribution >= 4 is 25.2 Å². The van der Waals surface area contributed by atoms with E-state index in [-0.39, 0.29) is 0 Å². The third kappa shape index (κ3) is 1.82. The van der Waals surface area contributed by atoms with E-state index in [9.17, 15) is 0 Å². The summed E-state index contributed by atoms with van der Waals surface area (Å²) in [6.45, 7) is 2.15. The molecular weight excluding hydrogens is 195 g/mol. The zero-order valence-corrected chi connectivity index (χ0v) is 9.42. The molecule has 2 heteroatoms. The van der Waals surface area contributed by atoms with Crippen LogP contribution in [0.5, 0.6) is 0 Å². The highest BCUT2D eigenvalue weighted by molar-refractivity contribution is 7.44. The molecular formula is C11H11PS. The van der Waals surface area contributed by atoms with Gasteiger partial charge in [0, 0.05) is 9.50 Å². The van der Waals surface area contributed by atoms with E-state index in [1.807, 2.05) is 11.3 Å². The molecule has 0 amide bonds. The molecule has 0 bridgehead atoms. The Balaban J connectivity index is 2.52. The lowest BCUT2D eigenvalue weighted by molar-refractivity contribution is 1.48. The first-order valence-corrected chi connectivity index (χ1v) is 5.58. The molecule has 1 aromatic carbocycles. The standard InChI is InChI=1S/C11H11PS/c1-8-4-2-3-5-9(8)10-6-7-11(12)13-10/h2-7H,12H2,1H3. The Morgan fingerprint density at radius 1 is 1.08 bits per heavy atom. The van der Waals surface area contributed by atoms with Crippen LogP contribution in [-0.2, 0) is 0 Å². The average molecular weight is 206 g/mol.